The van der Waals surface area contributed by atoms with E-state index in [1.807, 2.05) is 23.1 Å². The third-order valence-electron chi connectivity index (χ3n) is 3.84. The summed E-state index contributed by atoms with van der Waals surface area (Å²) in [6.45, 7) is 9.44. The van der Waals surface area contributed by atoms with E-state index < -0.39 is 0 Å². The third kappa shape index (κ3) is 4.22. The Kier molecular flexibility index (Phi) is 5.12. The highest BCUT2D eigenvalue weighted by atomic mass is 16.5. The quantitative estimate of drug-likeness (QED) is 0.887. The van der Waals surface area contributed by atoms with Gasteiger partial charge in [0.15, 0.2) is 0 Å². The number of ether oxygens (including phenoxy) is 1. The molecule has 0 atom stereocenters. The lowest BCUT2D eigenvalue weighted by molar-refractivity contribution is 0.122. The van der Waals surface area contributed by atoms with E-state index in [0.717, 1.165) is 50.9 Å². The van der Waals surface area contributed by atoms with Gasteiger partial charge in [0.25, 0.3) is 0 Å². The lowest BCUT2D eigenvalue weighted by Crippen LogP contribution is -2.36. The maximum Gasteiger partial charge on any atom is 0.149 e. The van der Waals surface area contributed by atoms with Crippen molar-refractivity contribution in [1.82, 2.24) is 14.8 Å². The number of hydrogen-bond acceptors (Lipinski definition) is 5. The fourth-order valence-corrected chi connectivity index (χ4v) is 2.75. The highest BCUT2D eigenvalue weighted by Gasteiger charge is 2.15. The van der Waals surface area contributed by atoms with Gasteiger partial charge in [0.2, 0.25) is 0 Å². The molecule has 0 spiro atoms. The average molecular weight is 315 g/mol. The molecule has 6 nitrogen and oxygen atoms in total. The van der Waals surface area contributed by atoms with Gasteiger partial charge in [-0.15, -0.1) is 0 Å². The first-order valence-corrected chi connectivity index (χ1v) is 8.25. The summed E-state index contributed by atoms with van der Waals surface area (Å²) in [6, 6.07) is 4.10. The Bertz CT molecular complexity index is 619. The van der Waals surface area contributed by atoms with Crippen LogP contribution in [0, 0.1) is 5.92 Å². The van der Waals surface area contributed by atoms with Crippen molar-refractivity contribution in [3.05, 3.63) is 36.3 Å². The molecule has 0 bridgehead atoms. The molecule has 1 saturated heterocycles. The molecule has 0 unspecified atom stereocenters. The second kappa shape index (κ2) is 7.46. The van der Waals surface area contributed by atoms with E-state index in [-0.39, 0.29) is 0 Å². The number of nitrogens with one attached hydrogen (secondary N) is 1. The van der Waals surface area contributed by atoms with E-state index in [9.17, 15) is 0 Å². The topological polar surface area (TPSA) is 55.2 Å². The lowest BCUT2D eigenvalue weighted by Gasteiger charge is -2.30. The van der Waals surface area contributed by atoms with E-state index >= 15 is 0 Å². The molecule has 1 aliphatic heterocycles. The maximum absolute atomic E-state index is 5.43. The van der Waals surface area contributed by atoms with Crippen LogP contribution in [0.1, 0.15) is 19.4 Å². The molecular weight excluding hydrogens is 290 g/mol. The minimum atomic E-state index is 0.597. The molecule has 2 aromatic rings. The summed E-state index contributed by atoms with van der Waals surface area (Å²) in [4.78, 5) is 6.82. The third-order valence-corrected chi connectivity index (χ3v) is 3.84. The van der Waals surface area contributed by atoms with Crippen LogP contribution in [0.15, 0.2) is 30.7 Å². The number of pyridine rings is 1. The van der Waals surface area contributed by atoms with Crippen molar-refractivity contribution in [2.24, 2.45) is 5.92 Å². The zero-order valence-corrected chi connectivity index (χ0v) is 13.9. The molecule has 1 N–H and O–H groups in total. The van der Waals surface area contributed by atoms with Crippen LogP contribution < -0.4 is 10.2 Å². The Morgan fingerprint density at radius 1 is 1.30 bits per heavy atom. The van der Waals surface area contributed by atoms with Crippen molar-refractivity contribution >= 4 is 11.5 Å². The van der Waals surface area contributed by atoms with Crippen molar-refractivity contribution < 1.29 is 4.74 Å². The molecule has 6 heteroatoms. The van der Waals surface area contributed by atoms with Gasteiger partial charge in [0, 0.05) is 44.1 Å². The van der Waals surface area contributed by atoms with Gasteiger partial charge < -0.3 is 15.0 Å². The van der Waals surface area contributed by atoms with Crippen LogP contribution >= 0.6 is 0 Å². The molecule has 0 aliphatic carbocycles. The van der Waals surface area contributed by atoms with Crippen LogP contribution in [-0.4, -0.2) is 41.1 Å². The van der Waals surface area contributed by atoms with E-state index in [4.69, 9.17) is 4.74 Å². The first kappa shape index (κ1) is 15.8. The molecule has 3 rings (SSSR count). The fourth-order valence-electron chi connectivity index (χ4n) is 2.75. The van der Waals surface area contributed by atoms with Gasteiger partial charge in [-0.05, 0) is 18.1 Å². The summed E-state index contributed by atoms with van der Waals surface area (Å²) in [5.41, 5.74) is 2.31. The maximum atomic E-state index is 5.43. The molecule has 0 saturated carbocycles. The van der Waals surface area contributed by atoms with E-state index in [1.54, 1.807) is 0 Å². The van der Waals surface area contributed by atoms with E-state index in [0.29, 0.717) is 5.92 Å². The van der Waals surface area contributed by atoms with Crippen molar-refractivity contribution in [2.45, 2.75) is 26.9 Å². The van der Waals surface area contributed by atoms with Crippen LogP contribution in [0.2, 0.25) is 0 Å². The summed E-state index contributed by atoms with van der Waals surface area (Å²) < 4.78 is 7.43. The van der Waals surface area contributed by atoms with Gasteiger partial charge in [-0.2, -0.15) is 5.10 Å². The van der Waals surface area contributed by atoms with Crippen molar-refractivity contribution in [3.63, 3.8) is 0 Å². The Morgan fingerprint density at radius 3 is 2.91 bits per heavy atom. The molecule has 3 heterocycles. The Hall–Kier alpha value is -2.08. The summed E-state index contributed by atoms with van der Waals surface area (Å²) in [5, 5.41) is 7.86. The van der Waals surface area contributed by atoms with Gasteiger partial charge in [-0.1, -0.05) is 13.8 Å². The fraction of sp³-hybridized carbons (Fsp3) is 0.529. The summed E-state index contributed by atoms with van der Waals surface area (Å²) >= 11 is 0. The Morgan fingerprint density at radius 2 is 2.13 bits per heavy atom. The molecule has 2 aromatic heterocycles. The average Bonchev–Trinajstić information content (AvgIpc) is 3.01. The Balaban J connectivity index is 1.65. The zero-order valence-electron chi connectivity index (χ0n) is 13.9. The molecule has 0 amide bonds. The van der Waals surface area contributed by atoms with Crippen molar-refractivity contribution in [3.8, 4) is 0 Å². The molecule has 1 fully saturated rings. The predicted molar refractivity (Wildman–Crippen MR) is 91.7 cm³/mol. The lowest BCUT2D eigenvalue weighted by atomic mass is 10.2. The van der Waals surface area contributed by atoms with Gasteiger partial charge in [0.1, 0.15) is 5.82 Å². The standard InChI is InChI=1S/C17H25N5O/c1-14(2)12-22-13-15(11-20-22)10-19-17-16(4-3-5-18-17)21-6-8-23-9-7-21/h3-5,11,13-14H,6-10,12H2,1-2H3,(H,18,19). The highest BCUT2D eigenvalue weighted by Crippen LogP contribution is 2.24. The molecule has 124 valence electrons. The van der Waals surface area contributed by atoms with Crippen LogP contribution in [0.25, 0.3) is 0 Å². The number of nitrogens with zero attached hydrogens (tertiary/aromatic N) is 4. The van der Waals surface area contributed by atoms with E-state index in [1.165, 1.54) is 5.56 Å². The van der Waals surface area contributed by atoms with E-state index in [2.05, 4.69) is 46.4 Å². The minimum absolute atomic E-state index is 0.597. The second-order valence-electron chi connectivity index (χ2n) is 6.29. The van der Waals surface area contributed by atoms with Crippen molar-refractivity contribution in [2.75, 3.05) is 36.5 Å². The number of hydrogen-bond donors (Lipinski definition) is 1. The SMILES string of the molecule is CC(C)Cn1cc(CNc2ncccc2N2CCOCC2)cn1. The molecular formula is C17H25N5O. The number of anilines is 2. The van der Waals surface area contributed by atoms with Crippen molar-refractivity contribution in [1.29, 1.82) is 0 Å². The summed E-state index contributed by atoms with van der Waals surface area (Å²) in [7, 11) is 0. The van der Waals surface area contributed by atoms with Crippen LogP contribution in [0.3, 0.4) is 0 Å². The van der Waals surface area contributed by atoms with Gasteiger partial charge in [-0.25, -0.2) is 4.98 Å². The largest absolute Gasteiger partial charge is 0.378 e. The highest BCUT2D eigenvalue weighted by molar-refractivity contribution is 5.65. The first-order chi connectivity index (χ1) is 11.2. The van der Waals surface area contributed by atoms with Crippen LogP contribution in [0.4, 0.5) is 11.5 Å². The molecule has 0 radical (unpaired) electrons. The number of rotatable bonds is 6. The van der Waals surface area contributed by atoms with Gasteiger partial charge in [0.05, 0.1) is 25.1 Å². The zero-order chi connectivity index (χ0) is 16.1. The van der Waals surface area contributed by atoms with Gasteiger partial charge >= 0.3 is 0 Å². The van der Waals surface area contributed by atoms with Crippen LogP contribution in [0.5, 0.6) is 0 Å². The normalized spacial score (nSPS) is 15.2. The monoisotopic (exact) mass is 315 g/mol. The number of morpholine rings is 1. The molecule has 23 heavy (non-hydrogen) atoms. The molecule has 1 aliphatic rings. The van der Waals surface area contributed by atoms with Crippen LogP contribution in [-0.2, 0) is 17.8 Å². The summed E-state index contributed by atoms with van der Waals surface area (Å²) in [5.74, 6) is 1.52. The predicted octanol–water partition coefficient (Wildman–Crippen LogP) is 2.38. The smallest absolute Gasteiger partial charge is 0.149 e. The van der Waals surface area contributed by atoms with Gasteiger partial charge in [-0.3, -0.25) is 4.68 Å². The minimum Gasteiger partial charge on any atom is -0.378 e. The second-order valence-corrected chi connectivity index (χ2v) is 6.29. The molecule has 0 aromatic carbocycles. The Labute approximate surface area is 137 Å². The first-order valence-electron chi connectivity index (χ1n) is 8.25. The summed E-state index contributed by atoms with van der Waals surface area (Å²) in [6.07, 6.45) is 5.85. The number of aromatic nitrogens is 3.